The van der Waals surface area contributed by atoms with Crippen LogP contribution in [-0.4, -0.2) is 12.7 Å². The number of hydrogen-bond acceptors (Lipinski definition) is 1. The van der Waals surface area contributed by atoms with E-state index in [2.05, 4.69) is 0 Å². The summed E-state index contributed by atoms with van der Waals surface area (Å²) in [4.78, 5) is 0. The first-order valence-electron chi connectivity index (χ1n) is 4.58. The molecule has 0 aliphatic carbocycles. The molecule has 0 saturated carbocycles. The molecule has 1 nitrogen and oxygen atoms in total. The monoisotopic (exact) mass is 239 g/mol. The summed E-state index contributed by atoms with van der Waals surface area (Å²) in [5.74, 6) is -4.59. The maximum Gasteiger partial charge on any atom is 0.396 e. The van der Waals surface area contributed by atoms with E-state index >= 15 is 0 Å². The summed E-state index contributed by atoms with van der Waals surface area (Å²) in [6, 6.07) is 2.62. The Morgan fingerprint density at radius 2 is 1.62 bits per heavy atom. The highest BCUT2D eigenvalue weighted by Crippen LogP contribution is 2.39. The van der Waals surface area contributed by atoms with E-state index in [4.69, 9.17) is 5.73 Å². The van der Waals surface area contributed by atoms with Gasteiger partial charge in [0.15, 0.2) is 0 Å². The van der Waals surface area contributed by atoms with E-state index in [1.807, 2.05) is 0 Å². The third-order valence-electron chi connectivity index (χ3n) is 2.20. The van der Waals surface area contributed by atoms with Crippen LogP contribution >= 0.6 is 0 Å². The molecule has 1 unspecified atom stereocenters. The number of rotatable bonds is 3. The van der Waals surface area contributed by atoms with Gasteiger partial charge in [0.25, 0.3) is 0 Å². The standard InChI is InChI=1S/C10H10F5N/c11-7-2-1-3-8(12)9(7)6(4-5-16)10(13,14)15/h1-3,6H,4-5,16H2. The summed E-state index contributed by atoms with van der Waals surface area (Å²) in [7, 11) is 0. The fourth-order valence-electron chi connectivity index (χ4n) is 1.48. The largest absolute Gasteiger partial charge is 0.396 e. The molecule has 0 fully saturated rings. The van der Waals surface area contributed by atoms with Crippen molar-refractivity contribution in [3.8, 4) is 0 Å². The first-order chi connectivity index (χ1) is 7.38. The maximum atomic E-state index is 13.2. The van der Waals surface area contributed by atoms with Crippen LogP contribution in [0.3, 0.4) is 0 Å². The highest BCUT2D eigenvalue weighted by Gasteiger charge is 2.42. The van der Waals surface area contributed by atoms with Crippen molar-refractivity contribution in [2.75, 3.05) is 6.54 Å². The molecule has 90 valence electrons. The van der Waals surface area contributed by atoms with Gasteiger partial charge in [0, 0.05) is 5.56 Å². The van der Waals surface area contributed by atoms with Crippen LogP contribution in [0.1, 0.15) is 17.9 Å². The van der Waals surface area contributed by atoms with Crippen molar-refractivity contribution in [1.29, 1.82) is 0 Å². The fourth-order valence-corrected chi connectivity index (χ4v) is 1.48. The maximum absolute atomic E-state index is 13.2. The predicted molar refractivity (Wildman–Crippen MR) is 48.8 cm³/mol. The lowest BCUT2D eigenvalue weighted by atomic mass is 9.94. The second-order valence-electron chi connectivity index (χ2n) is 3.31. The number of alkyl halides is 3. The topological polar surface area (TPSA) is 26.0 Å². The van der Waals surface area contributed by atoms with Gasteiger partial charge >= 0.3 is 6.18 Å². The van der Waals surface area contributed by atoms with Crippen molar-refractivity contribution < 1.29 is 22.0 Å². The highest BCUT2D eigenvalue weighted by atomic mass is 19.4. The zero-order chi connectivity index (χ0) is 12.3. The van der Waals surface area contributed by atoms with Gasteiger partial charge in [-0.15, -0.1) is 0 Å². The molecule has 1 rings (SSSR count). The number of nitrogens with two attached hydrogens (primary N) is 1. The molecule has 6 heteroatoms. The van der Waals surface area contributed by atoms with E-state index in [-0.39, 0.29) is 6.54 Å². The van der Waals surface area contributed by atoms with E-state index in [1.54, 1.807) is 0 Å². The first-order valence-corrected chi connectivity index (χ1v) is 4.58. The van der Waals surface area contributed by atoms with Gasteiger partial charge in [-0.25, -0.2) is 8.78 Å². The molecule has 0 aliphatic heterocycles. The summed E-state index contributed by atoms with van der Waals surface area (Å²) in [5.41, 5.74) is 4.06. The van der Waals surface area contributed by atoms with E-state index < -0.39 is 35.7 Å². The van der Waals surface area contributed by atoms with Crippen molar-refractivity contribution >= 4 is 0 Å². The Kier molecular flexibility index (Phi) is 3.85. The summed E-state index contributed by atoms with van der Waals surface area (Å²) in [6.07, 6.45) is -5.25. The lowest BCUT2D eigenvalue weighted by molar-refractivity contribution is -0.152. The Morgan fingerprint density at radius 1 is 1.12 bits per heavy atom. The molecule has 0 spiro atoms. The highest BCUT2D eigenvalue weighted by molar-refractivity contribution is 5.25. The van der Waals surface area contributed by atoms with E-state index in [0.29, 0.717) is 0 Å². The van der Waals surface area contributed by atoms with Crippen molar-refractivity contribution in [2.24, 2.45) is 5.73 Å². The molecular weight excluding hydrogens is 229 g/mol. The molecule has 0 saturated heterocycles. The average Bonchev–Trinajstić information content (AvgIpc) is 2.14. The smallest absolute Gasteiger partial charge is 0.330 e. The molecule has 0 amide bonds. The lowest BCUT2D eigenvalue weighted by Gasteiger charge is -2.20. The van der Waals surface area contributed by atoms with Gasteiger partial charge in [-0.05, 0) is 25.1 Å². The predicted octanol–water partition coefficient (Wildman–Crippen LogP) is 2.96. The molecule has 0 radical (unpaired) electrons. The van der Waals surface area contributed by atoms with Crippen LogP contribution in [0.5, 0.6) is 0 Å². The van der Waals surface area contributed by atoms with Crippen LogP contribution in [0.4, 0.5) is 22.0 Å². The van der Waals surface area contributed by atoms with Crippen molar-refractivity contribution in [2.45, 2.75) is 18.5 Å². The molecule has 0 aliphatic rings. The summed E-state index contributed by atoms with van der Waals surface area (Å²) >= 11 is 0. The second kappa shape index (κ2) is 4.78. The third-order valence-corrected chi connectivity index (χ3v) is 2.20. The molecule has 1 aromatic carbocycles. The van der Waals surface area contributed by atoms with Crippen LogP contribution in [-0.2, 0) is 0 Å². The summed E-state index contributed by atoms with van der Waals surface area (Å²) in [5, 5.41) is 0. The Bertz CT molecular complexity index is 340. The van der Waals surface area contributed by atoms with Gasteiger partial charge in [0.05, 0.1) is 5.92 Å². The fraction of sp³-hybridized carbons (Fsp3) is 0.400. The number of halogens is 5. The molecule has 1 aromatic rings. The summed E-state index contributed by atoms with van der Waals surface area (Å²) in [6.45, 7) is -0.294. The molecule has 0 aromatic heterocycles. The van der Waals surface area contributed by atoms with Gasteiger partial charge < -0.3 is 5.73 Å². The van der Waals surface area contributed by atoms with E-state index in [9.17, 15) is 22.0 Å². The van der Waals surface area contributed by atoms with Gasteiger partial charge in [0.1, 0.15) is 11.6 Å². The lowest BCUT2D eigenvalue weighted by Crippen LogP contribution is -2.25. The van der Waals surface area contributed by atoms with Crippen LogP contribution in [0.25, 0.3) is 0 Å². The Morgan fingerprint density at radius 3 is 2.00 bits per heavy atom. The zero-order valence-electron chi connectivity index (χ0n) is 8.19. The minimum absolute atomic E-state index is 0.294. The van der Waals surface area contributed by atoms with Gasteiger partial charge in [-0.2, -0.15) is 13.2 Å². The Balaban J connectivity index is 3.21. The molecule has 16 heavy (non-hydrogen) atoms. The van der Waals surface area contributed by atoms with E-state index in [1.165, 1.54) is 0 Å². The molecule has 2 N–H and O–H groups in total. The number of hydrogen-bond donors (Lipinski definition) is 1. The summed E-state index contributed by atoms with van der Waals surface area (Å²) < 4.78 is 64.0. The normalized spacial score (nSPS) is 13.9. The van der Waals surface area contributed by atoms with Gasteiger partial charge in [-0.1, -0.05) is 6.07 Å². The van der Waals surface area contributed by atoms with Crippen molar-refractivity contribution in [3.05, 3.63) is 35.4 Å². The van der Waals surface area contributed by atoms with E-state index in [0.717, 1.165) is 18.2 Å². The van der Waals surface area contributed by atoms with Crippen LogP contribution < -0.4 is 5.73 Å². The zero-order valence-corrected chi connectivity index (χ0v) is 8.19. The SMILES string of the molecule is NCCC(c1c(F)cccc1F)C(F)(F)F. The van der Waals surface area contributed by atoms with Gasteiger partial charge in [-0.3, -0.25) is 0 Å². The third kappa shape index (κ3) is 2.69. The number of benzene rings is 1. The average molecular weight is 239 g/mol. The van der Waals surface area contributed by atoms with Crippen molar-refractivity contribution in [1.82, 2.24) is 0 Å². The van der Waals surface area contributed by atoms with Gasteiger partial charge in [0.2, 0.25) is 0 Å². The Labute approximate surface area is 89.1 Å². The molecule has 0 heterocycles. The molecular formula is C10H10F5N. The Hall–Kier alpha value is -1.17. The minimum Gasteiger partial charge on any atom is -0.330 e. The first kappa shape index (κ1) is 12.9. The molecule has 1 atom stereocenters. The van der Waals surface area contributed by atoms with Crippen LogP contribution in [0, 0.1) is 11.6 Å². The van der Waals surface area contributed by atoms with Crippen LogP contribution in [0.15, 0.2) is 18.2 Å². The molecule has 0 bridgehead atoms. The second-order valence-corrected chi connectivity index (χ2v) is 3.31. The quantitative estimate of drug-likeness (QED) is 0.806. The van der Waals surface area contributed by atoms with Crippen molar-refractivity contribution in [3.63, 3.8) is 0 Å². The van der Waals surface area contributed by atoms with Crippen LogP contribution in [0.2, 0.25) is 0 Å². The minimum atomic E-state index is -4.71.